The van der Waals surface area contributed by atoms with Gasteiger partial charge in [0, 0.05) is 61.5 Å². The van der Waals surface area contributed by atoms with Crippen molar-refractivity contribution in [2.24, 2.45) is 0 Å². The summed E-state index contributed by atoms with van der Waals surface area (Å²) < 4.78 is 46.9. The first kappa shape index (κ1) is 25.6. The van der Waals surface area contributed by atoms with Crippen LogP contribution in [0.3, 0.4) is 0 Å². The molecule has 1 aromatic carbocycles. The van der Waals surface area contributed by atoms with Gasteiger partial charge in [0.25, 0.3) is 0 Å². The molecule has 1 saturated heterocycles. The number of aromatic amines is 1. The van der Waals surface area contributed by atoms with Crippen LogP contribution in [0.15, 0.2) is 36.5 Å². The van der Waals surface area contributed by atoms with Crippen molar-refractivity contribution in [3.05, 3.63) is 64.2 Å². The average molecular weight is 559 g/mol. The molecule has 1 N–H and O–H groups in total. The van der Waals surface area contributed by atoms with Crippen LogP contribution in [0, 0.1) is 0 Å². The molecule has 4 aromatic rings. The van der Waals surface area contributed by atoms with Crippen LogP contribution in [-0.2, 0) is 17.3 Å². The monoisotopic (exact) mass is 558 g/mol. The largest absolute Gasteiger partial charge is 0.451 e. The van der Waals surface area contributed by atoms with Gasteiger partial charge in [-0.25, -0.2) is 4.98 Å². The van der Waals surface area contributed by atoms with E-state index < -0.39 is 18.0 Å². The average Bonchev–Trinajstić information content (AvgIpc) is 3.30. The number of morpholine rings is 1. The van der Waals surface area contributed by atoms with Crippen LogP contribution in [0.25, 0.3) is 10.9 Å². The Morgan fingerprint density at radius 2 is 1.85 bits per heavy atom. The third kappa shape index (κ3) is 4.82. The van der Waals surface area contributed by atoms with Crippen LogP contribution in [-0.4, -0.2) is 71.9 Å². The van der Waals surface area contributed by atoms with E-state index in [0.29, 0.717) is 31.2 Å². The van der Waals surface area contributed by atoms with Gasteiger partial charge in [-0.1, -0.05) is 17.7 Å². The van der Waals surface area contributed by atoms with Crippen molar-refractivity contribution in [1.82, 2.24) is 24.9 Å². The number of nitrogens with zero attached hydrogens (tertiary/aromatic N) is 7. The smallest absolute Gasteiger partial charge is 0.378 e. The van der Waals surface area contributed by atoms with Crippen LogP contribution >= 0.6 is 11.6 Å². The van der Waals surface area contributed by atoms with Crippen molar-refractivity contribution in [1.29, 1.82) is 0 Å². The first-order chi connectivity index (χ1) is 18.7. The molecular formula is C26H26ClF3N8O. The van der Waals surface area contributed by atoms with Gasteiger partial charge in [0.05, 0.1) is 19.3 Å². The molecule has 0 radical (unpaired) electrons. The predicted molar refractivity (Wildman–Crippen MR) is 143 cm³/mol. The molecule has 3 aromatic heterocycles. The van der Waals surface area contributed by atoms with Gasteiger partial charge in [0.15, 0.2) is 0 Å². The number of ether oxygens (including phenoxy) is 1. The maximum absolute atomic E-state index is 13.8. The summed E-state index contributed by atoms with van der Waals surface area (Å²) in [5.41, 5.74) is 3.60. The molecule has 0 bridgehead atoms. The number of anilines is 3. The van der Waals surface area contributed by atoms with Crippen molar-refractivity contribution in [2.75, 3.05) is 61.6 Å². The molecule has 0 saturated carbocycles. The van der Waals surface area contributed by atoms with Gasteiger partial charge in [-0.05, 0) is 41.8 Å². The maximum atomic E-state index is 13.8. The standard InChI is InChI=1S/C26H26ClF3N8O/c1-36(2)24-33-23(26(28,29)30)34-25(35-24)38-8-7-17-18-13-16(27)4-5-19(18)32-21(17)22(38)15-3-6-20(31-14-15)37-9-11-39-12-10-37/h3-6,13-14,22,32H,7-12H2,1-2H3. The zero-order valence-electron chi connectivity index (χ0n) is 21.3. The number of nitrogens with one attached hydrogen (secondary N) is 1. The molecule has 0 spiro atoms. The van der Waals surface area contributed by atoms with Gasteiger partial charge < -0.3 is 24.4 Å². The highest BCUT2D eigenvalue weighted by atomic mass is 35.5. The lowest BCUT2D eigenvalue weighted by atomic mass is 9.93. The number of aromatic nitrogens is 5. The van der Waals surface area contributed by atoms with E-state index in [0.717, 1.165) is 46.6 Å². The van der Waals surface area contributed by atoms with Gasteiger partial charge in [0.2, 0.25) is 17.7 Å². The Labute approximate surface area is 227 Å². The van der Waals surface area contributed by atoms with E-state index in [-0.39, 0.29) is 11.9 Å². The minimum absolute atomic E-state index is 0.0504. The lowest BCUT2D eigenvalue weighted by molar-refractivity contribution is -0.144. The highest BCUT2D eigenvalue weighted by Gasteiger charge is 2.39. The van der Waals surface area contributed by atoms with Crippen molar-refractivity contribution in [3.63, 3.8) is 0 Å². The number of pyridine rings is 1. The predicted octanol–water partition coefficient (Wildman–Crippen LogP) is 4.47. The van der Waals surface area contributed by atoms with Crippen molar-refractivity contribution in [2.45, 2.75) is 18.6 Å². The van der Waals surface area contributed by atoms with Crippen molar-refractivity contribution in [3.8, 4) is 0 Å². The number of H-pyrrole nitrogens is 1. The summed E-state index contributed by atoms with van der Waals surface area (Å²) in [4.78, 5) is 25.6. The SMILES string of the molecule is CN(C)c1nc(N2CCc3c([nH]c4ccc(Cl)cc34)C2c2ccc(N3CCOCC3)nc2)nc(C(F)(F)F)n1. The molecule has 0 aliphatic carbocycles. The van der Waals surface area contributed by atoms with Crippen LogP contribution in [0.4, 0.5) is 30.9 Å². The van der Waals surface area contributed by atoms with Crippen LogP contribution < -0.4 is 14.7 Å². The Balaban J connectivity index is 1.49. The summed E-state index contributed by atoms with van der Waals surface area (Å²) in [5, 5.41) is 1.60. The molecule has 1 fully saturated rings. The van der Waals surface area contributed by atoms with Gasteiger partial charge in [-0.3, -0.25) is 0 Å². The Hall–Kier alpha value is -3.64. The summed E-state index contributed by atoms with van der Waals surface area (Å²) in [6.07, 6.45) is -2.39. The van der Waals surface area contributed by atoms with Crippen molar-refractivity contribution >= 4 is 40.2 Å². The van der Waals surface area contributed by atoms with Gasteiger partial charge in [0.1, 0.15) is 5.82 Å². The number of hydrogen-bond acceptors (Lipinski definition) is 8. The van der Waals surface area contributed by atoms with Crippen LogP contribution in [0.2, 0.25) is 5.02 Å². The molecule has 2 aliphatic rings. The fourth-order valence-corrected chi connectivity index (χ4v) is 5.34. The molecule has 5 heterocycles. The van der Waals surface area contributed by atoms with E-state index >= 15 is 0 Å². The Morgan fingerprint density at radius 1 is 1.05 bits per heavy atom. The molecule has 204 valence electrons. The number of halogens is 4. The molecule has 0 amide bonds. The molecule has 2 aliphatic heterocycles. The lowest BCUT2D eigenvalue weighted by Crippen LogP contribution is -2.38. The fraction of sp³-hybridized carbons (Fsp3) is 0.385. The van der Waals surface area contributed by atoms with E-state index in [2.05, 4.69) is 24.8 Å². The van der Waals surface area contributed by atoms with E-state index in [9.17, 15) is 13.2 Å². The zero-order chi connectivity index (χ0) is 27.3. The number of benzene rings is 1. The van der Waals surface area contributed by atoms with E-state index in [1.54, 1.807) is 25.2 Å². The minimum Gasteiger partial charge on any atom is -0.378 e. The van der Waals surface area contributed by atoms with Gasteiger partial charge in [-0.15, -0.1) is 0 Å². The topological polar surface area (TPSA) is 86.3 Å². The number of alkyl halides is 3. The number of rotatable bonds is 4. The Bertz CT molecular complexity index is 1500. The lowest BCUT2D eigenvalue weighted by Gasteiger charge is -2.36. The summed E-state index contributed by atoms with van der Waals surface area (Å²) in [6.45, 7) is 3.14. The summed E-state index contributed by atoms with van der Waals surface area (Å²) in [7, 11) is 3.20. The van der Waals surface area contributed by atoms with Crippen LogP contribution in [0.1, 0.15) is 28.7 Å². The maximum Gasteiger partial charge on any atom is 0.451 e. The minimum atomic E-state index is -4.72. The van der Waals surface area contributed by atoms with Crippen LogP contribution in [0.5, 0.6) is 0 Å². The van der Waals surface area contributed by atoms with Gasteiger partial charge >= 0.3 is 6.18 Å². The first-order valence-electron chi connectivity index (χ1n) is 12.5. The van der Waals surface area contributed by atoms with Gasteiger partial charge in [-0.2, -0.15) is 28.1 Å². The Kier molecular flexibility index (Phi) is 6.46. The summed E-state index contributed by atoms with van der Waals surface area (Å²) in [5.74, 6) is -0.529. The first-order valence-corrected chi connectivity index (χ1v) is 12.9. The zero-order valence-corrected chi connectivity index (χ0v) is 22.1. The third-order valence-electron chi connectivity index (χ3n) is 7.03. The summed E-state index contributed by atoms with van der Waals surface area (Å²) >= 11 is 6.31. The second kappa shape index (κ2) is 9.83. The molecule has 39 heavy (non-hydrogen) atoms. The van der Waals surface area contributed by atoms with E-state index in [1.807, 2.05) is 30.3 Å². The number of fused-ring (bicyclic) bond motifs is 3. The summed E-state index contributed by atoms with van der Waals surface area (Å²) in [6, 6.07) is 9.01. The normalized spacial score (nSPS) is 17.9. The highest BCUT2D eigenvalue weighted by molar-refractivity contribution is 6.31. The molecule has 13 heteroatoms. The highest BCUT2D eigenvalue weighted by Crippen LogP contribution is 2.41. The second-order valence-electron chi connectivity index (χ2n) is 9.75. The Morgan fingerprint density at radius 3 is 2.54 bits per heavy atom. The quantitative estimate of drug-likeness (QED) is 0.393. The van der Waals surface area contributed by atoms with E-state index in [1.165, 1.54) is 4.90 Å². The molecule has 1 unspecified atom stereocenters. The van der Waals surface area contributed by atoms with E-state index in [4.69, 9.17) is 21.3 Å². The fourth-order valence-electron chi connectivity index (χ4n) is 5.17. The second-order valence-corrected chi connectivity index (χ2v) is 10.2. The molecule has 6 rings (SSSR count). The molecule has 1 atom stereocenters. The molecule has 9 nitrogen and oxygen atoms in total. The van der Waals surface area contributed by atoms with Crippen molar-refractivity contribution < 1.29 is 17.9 Å². The third-order valence-corrected chi connectivity index (χ3v) is 7.27. The number of hydrogen-bond donors (Lipinski definition) is 1. The molecular weight excluding hydrogens is 533 g/mol.